The Bertz CT molecular complexity index is 1420. The van der Waals surface area contributed by atoms with E-state index in [9.17, 15) is 35.8 Å². The number of aryl methyl sites for hydroxylation is 1. The second-order valence-corrected chi connectivity index (χ2v) is 9.27. The van der Waals surface area contributed by atoms with E-state index in [1.165, 1.54) is 12.1 Å². The normalized spacial score (nSPS) is 11.3. The molecule has 2 radical (unpaired) electrons. The number of anilines is 2. The van der Waals surface area contributed by atoms with Gasteiger partial charge in [-0.1, -0.05) is 0 Å². The molecule has 160 valence electrons. The van der Waals surface area contributed by atoms with Crippen LogP contribution in [0.5, 0.6) is 5.75 Å². The van der Waals surface area contributed by atoms with Gasteiger partial charge in [-0.15, -0.1) is 0 Å². The SMILES string of the molecule is Cc1cc(N)ccc1C(=O)Nc1ccc(S(=O)(=O)O)c2cc(S(=O)(=O)O)cc(O)c12.[Na].[Na]. The fraction of sp³-hybridized carbons (Fsp3) is 0.0556. The summed E-state index contributed by atoms with van der Waals surface area (Å²) in [7, 11) is -9.63. The summed E-state index contributed by atoms with van der Waals surface area (Å²) >= 11 is 0. The molecule has 0 atom stereocenters. The first-order valence-corrected chi connectivity index (χ1v) is 11.1. The quantitative estimate of drug-likeness (QED) is 0.202. The van der Waals surface area contributed by atoms with Crippen molar-refractivity contribution in [2.45, 2.75) is 16.7 Å². The van der Waals surface area contributed by atoms with Gasteiger partial charge in [-0.05, 0) is 48.9 Å². The molecule has 0 unspecified atom stereocenters. The number of fused-ring (bicyclic) bond motifs is 1. The molecule has 32 heavy (non-hydrogen) atoms. The zero-order valence-corrected chi connectivity index (χ0v) is 23.0. The molecule has 3 aromatic rings. The summed E-state index contributed by atoms with van der Waals surface area (Å²) in [5.74, 6) is -1.35. The first kappa shape index (κ1) is 28.8. The summed E-state index contributed by atoms with van der Waals surface area (Å²) in [6.07, 6.45) is 0. The number of nitrogen functional groups attached to an aromatic ring is 1. The van der Waals surface area contributed by atoms with Crippen LogP contribution in [0.25, 0.3) is 10.8 Å². The summed E-state index contributed by atoms with van der Waals surface area (Å²) in [5, 5.41) is 12.2. The van der Waals surface area contributed by atoms with E-state index in [0.717, 1.165) is 18.2 Å². The van der Waals surface area contributed by atoms with Gasteiger partial charge in [0.25, 0.3) is 26.1 Å². The van der Waals surface area contributed by atoms with Gasteiger partial charge in [0.05, 0.1) is 10.6 Å². The van der Waals surface area contributed by atoms with Crippen molar-refractivity contribution in [3.05, 3.63) is 53.6 Å². The molecular formula is C18H16N2Na2O8S2. The van der Waals surface area contributed by atoms with Crippen molar-refractivity contribution in [3.63, 3.8) is 0 Å². The second kappa shape index (κ2) is 10.4. The van der Waals surface area contributed by atoms with Crippen LogP contribution >= 0.6 is 0 Å². The van der Waals surface area contributed by atoms with Gasteiger partial charge in [0, 0.05) is 87.2 Å². The van der Waals surface area contributed by atoms with Gasteiger partial charge < -0.3 is 16.2 Å². The van der Waals surface area contributed by atoms with E-state index in [-0.39, 0.29) is 75.8 Å². The smallest absolute Gasteiger partial charge is 0.295 e. The number of nitrogens with two attached hydrogens (primary N) is 1. The third-order valence-electron chi connectivity index (χ3n) is 4.35. The molecule has 6 N–H and O–H groups in total. The number of nitrogens with one attached hydrogen (secondary N) is 1. The molecule has 14 heteroatoms. The van der Waals surface area contributed by atoms with Crippen LogP contribution < -0.4 is 11.1 Å². The van der Waals surface area contributed by atoms with Gasteiger partial charge in [-0.3, -0.25) is 13.9 Å². The number of amides is 1. The maximum atomic E-state index is 12.7. The van der Waals surface area contributed by atoms with E-state index in [1.807, 2.05) is 0 Å². The molecule has 0 heterocycles. The Morgan fingerprint density at radius 2 is 1.56 bits per heavy atom. The molecule has 0 bridgehead atoms. The zero-order valence-electron chi connectivity index (χ0n) is 17.3. The molecule has 0 aliphatic rings. The van der Waals surface area contributed by atoms with Crippen LogP contribution in [0.3, 0.4) is 0 Å². The van der Waals surface area contributed by atoms with E-state index < -0.39 is 47.1 Å². The van der Waals surface area contributed by atoms with Crippen molar-refractivity contribution >= 4 is 107 Å². The Kier molecular flexibility index (Phi) is 9.36. The fourth-order valence-electron chi connectivity index (χ4n) is 3.02. The van der Waals surface area contributed by atoms with E-state index in [1.54, 1.807) is 13.0 Å². The monoisotopic (exact) mass is 498 g/mol. The van der Waals surface area contributed by atoms with Gasteiger partial charge in [0.1, 0.15) is 10.6 Å². The third-order valence-corrected chi connectivity index (χ3v) is 6.09. The minimum atomic E-state index is -4.83. The van der Waals surface area contributed by atoms with Crippen LogP contribution in [0.15, 0.2) is 52.3 Å². The maximum absolute atomic E-state index is 12.7. The summed E-state index contributed by atoms with van der Waals surface area (Å²) in [6.45, 7) is 1.65. The molecule has 0 aliphatic heterocycles. The average molecular weight is 498 g/mol. The summed E-state index contributed by atoms with van der Waals surface area (Å²) in [4.78, 5) is 11.2. The van der Waals surface area contributed by atoms with E-state index >= 15 is 0 Å². The van der Waals surface area contributed by atoms with Crippen molar-refractivity contribution in [2.75, 3.05) is 11.1 Å². The Morgan fingerprint density at radius 1 is 0.938 bits per heavy atom. The van der Waals surface area contributed by atoms with Gasteiger partial charge in [-0.2, -0.15) is 16.8 Å². The van der Waals surface area contributed by atoms with E-state index in [4.69, 9.17) is 5.73 Å². The summed E-state index contributed by atoms with van der Waals surface area (Å²) in [6, 6.07) is 8.07. The van der Waals surface area contributed by atoms with Crippen LogP contribution in [0.4, 0.5) is 11.4 Å². The topological polar surface area (TPSA) is 184 Å². The number of phenols is 1. The van der Waals surface area contributed by atoms with Crippen molar-refractivity contribution in [3.8, 4) is 5.75 Å². The third kappa shape index (κ3) is 6.03. The van der Waals surface area contributed by atoms with E-state index in [0.29, 0.717) is 17.3 Å². The van der Waals surface area contributed by atoms with Gasteiger partial charge in [0.15, 0.2) is 0 Å². The van der Waals surface area contributed by atoms with Crippen molar-refractivity contribution in [1.82, 2.24) is 0 Å². The van der Waals surface area contributed by atoms with Crippen LogP contribution in [-0.4, -0.2) is 96.1 Å². The van der Waals surface area contributed by atoms with Gasteiger partial charge in [-0.25, -0.2) is 0 Å². The molecule has 0 fully saturated rings. The first-order chi connectivity index (χ1) is 13.8. The second-order valence-electron chi connectivity index (χ2n) is 6.45. The zero-order chi connectivity index (χ0) is 22.4. The van der Waals surface area contributed by atoms with Crippen LogP contribution in [0.1, 0.15) is 15.9 Å². The van der Waals surface area contributed by atoms with Crippen molar-refractivity contribution < 1.29 is 35.8 Å². The average Bonchev–Trinajstić information content (AvgIpc) is 2.59. The number of carbonyl (C=O) groups is 1. The predicted octanol–water partition coefficient (Wildman–Crippen LogP) is 1.42. The van der Waals surface area contributed by atoms with Gasteiger partial charge in [0.2, 0.25) is 0 Å². The summed E-state index contributed by atoms with van der Waals surface area (Å²) in [5.41, 5.74) is 6.87. The number of carbonyl (C=O) groups excluding carboxylic acids is 1. The van der Waals surface area contributed by atoms with Crippen molar-refractivity contribution in [2.24, 2.45) is 0 Å². The standard InChI is InChI=1S/C18H16N2O8S2.2Na/c1-9-6-10(19)2-3-12(9)18(22)20-14-4-5-16(30(26,27)28)13-7-11(29(23,24)25)8-15(21)17(13)14;;/h2-8,21H,19H2,1H3,(H,20,22)(H,23,24,25)(H,26,27,28);;. The van der Waals surface area contributed by atoms with Crippen LogP contribution in [-0.2, 0) is 20.2 Å². The minimum Gasteiger partial charge on any atom is -0.507 e. The molecule has 0 aromatic heterocycles. The Morgan fingerprint density at radius 3 is 2.09 bits per heavy atom. The molecule has 0 spiro atoms. The van der Waals surface area contributed by atoms with E-state index in [2.05, 4.69) is 5.32 Å². The Balaban J connectivity index is 0.00000256. The number of aromatic hydroxyl groups is 1. The minimum absolute atomic E-state index is 0. The first-order valence-electron chi connectivity index (χ1n) is 8.21. The molecule has 3 aromatic carbocycles. The molecule has 0 saturated carbocycles. The molecule has 1 amide bonds. The van der Waals surface area contributed by atoms with Gasteiger partial charge >= 0.3 is 0 Å². The molecule has 0 aliphatic carbocycles. The number of phenolic OH excluding ortho intramolecular Hbond substituents is 1. The number of hydrogen-bond donors (Lipinski definition) is 5. The fourth-order valence-corrected chi connectivity index (χ4v) is 4.23. The predicted molar refractivity (Wildman–Crippen MR) is 120 cm³/mol. The van der Waals surface area contributed by atoms with Crippen LogP contribution in [0, 0.1) is 6.92 Å². The Labute approximate surface area is 228 Å². The number of benzene rings is 3. The largest absolute Gasteiger partial charge is 0.507 e. The summed E-state index contributed by atoms with van der Waals surface area (Å²) < 4.78 is 65.1. The molecule has 0 saturated heterocycles. The maximum Gasteiger partial charge on any atom is 0.295 e. The number of rotatable bonds is 4. The molecule has 10 nitrogen and oxygen atoms in total. The molecular weight excluding hydrogens is 482 g/mol. The number of hydrogen-bond acceptors (Lipinski definition) is 7. The van der Waals surface area contributed by atoms with Crippen molar-refractivity contribution in [1.29, 1.82) is 0 Å². The molecule has 3 rings (SSSR count). The van der Waals surface area contributed by atoms with Crippen LogP contribution in [0.2, 0.25) is 0 Å². The Hall–Kier alpha value is -1.19.